The number of hydrogen-bond acceptors (Lipinski definition) is 1. The third-order valence-corrected chi connectivity index (χ3v) is 2.34. The van der Waals surface area contributed by atoms with E-state index in [9.17, 15) is 0 Å². The summed E-state index contributed by atoms with van der Waals surface area (Å²) in [6.45, 7) is 6.88. The minimum absolute atomic E-state index is 1.19. The molecule has 0 unspecified atom stereocenters. The second-order valence-electron chi connectivity index (χ2n) is 2.99. The third kappa shape index (κ3) is 1.84. The summed E-state index contributed by atoms with van der Waals surface area (Å²) in [7, 11) is 0. The first kappa shape index (κ1) is 7.80. The van der Waals surface area contributed by atoms with E-state index in [0.717, 1.165) is 0 Å². The molecule has 0 aromatic carbocycles. The highest BCUT2D eigenvalue weighted by Crippen LogP contribution is 2.16. The molecule has 1 fully saturated rings. The largest absolute Gasteiger partial charge is 0.316 e. The molecule has 0 aliphatic carbocycles. The van der Waals surface area contributed by atoms with Gasteiger partial charge in [0.05, 0.1) is 0 Å². The van der Waals surface area contributed by atoms with E-state index < -0.39 is 0 Å². The van der Waals surface area contributed by atoms with Gasteiger partial charge in [0.15, 0.2) is 0 Å². The molecule has 0 radical (unpaired) electrons. The van der Waals surface area contributed by atoms with E-state index in [4.69, 9.17) is 0 Å². The summed E-state index contributed by atoms with van der Waals surface area (Å²) in [5, 5.41) is 3.36. The van der Waals surface area contributed by atoms with Crippen molar-refractivity contribution in [3.63, 3.8) is 0 Å². The van der Waals surface area contributed by atoms with Crippen LogP contribution in [0.15, 0.2) is 11.1 Å². The van der Waals surface area contributed by atoms with Gasteiger partial charge in [0.25, 0.3) is 0 Å². The second kappa shape index (κ2) is 3.77. The van der Waals surface area contributed by atoms with Crippen LogP contribution in [-0.2, 0) is 0 Å². The molecule has 1 nitrogen and oxygen atoms in total. The lowest BCUT2D eigenvalue weighted by Crippen LogP contribution is -2.23. The van der Waals surface area contributed by atoms with Gasteiger partial charge in [0.1, 0.15) is 0 Å². The highest BCUT2D eigenvalue weighted by molar-refractivity contribution is 5.13. The second-order valence-corrected chi connectivity index (χ2v) is 2.99. The van der Waals surface area contributed by atoms with Crippen molar-refractivity contribution in [3.8, 4) is 0 Å². The van der Waals surface area contributed by atoms with Crippen LogP contribution < -0.4 is 5.32 Å². The lowest BCUT2D eigenvalue weighted by Gasteiger charge is -2.17. The van der Waals surface area contributed by atoms with Crippen LogP contribution in [0.4, 0.5) is 0 Å². The normalized spacial score (nSPS) is 19.2. The molecule has 0 atom stereocenters. The summed E-state index contributed by atoms with van der Waals surface area (Å²) in [6.07, 6.45) is 3.79. The molecule has 10 heavy (non-hydrogen) atoms. The molecule has 1 saturated heterocycles. The molecular formula is C9H17N. The van der Waals surface area contributed by atoms with E-state index in [-0.39, 0.29) is 0 Å². The summed E-state index contributed by atoms with van der Waals surface area (Å²) in [6, 6.07) is 0. The molecule has 1 rings (SSSR count). The van der Waals surface area contributed by atoms with Gasteiger partial charge >= 0.3 is 0 Å². The van der Waals surface area contributed by atoms with Gasteiger partial charge in [-0.05, 0) is 39.3 Å². The Kier molecular flexibility index (Phi) is 2.94. The van der Waals surface area contributed by atoms with Crippen molar-refractivity contribution < 1.29 is 0 Å². The zero-order chi connectivity index (χ0) is 7.40. The topological polar surface area (TPSA) is 12.0 Å². The standard InChI is InChI=1S/C9H17N/c1-3-8(2)9-4-6-10-7-5-9/h10H,3-7H2,1-2H3. The number of allylic oxidation sites excluding steroid dienone is 1. The van der Waals surface area contributed by atoms with Gasteiger partial charge in [-0.15, -0.1) is 0 Å². The lowest BCUT2D eigenvalue weighted by molar-refractivity contribution is 0.602. The summed E-state index contributed by atoms with van der Waals surface area (Å²) in [5.41, 5.74) is 3.31. The molecule has 0 aromatic heterocycles. The van der Waals surface area contributed by atoms with E-state index in [1.165, 1.54) is 32.4 Å². The lowest BCUT2D eigenvalue weighted by atomic mass is 9.99. The van der Waals surface area contributed by atoms with Gasteiger partial charge in [-0.1, -0.05) is 18.1 Å². The zero-order valence-electron chi connectivity index (χ0n) is 7.04. The average Bonchev–Trinajstić information content (AvgIpc) is 2.05. The van der Waals surface area contributed by atoms with Gasteiger partial charge in [-0.2, -0.15) is 0 Å². The maximum Gasteiger partial charge on any atom is -0.00114 e. The molecule has 1 aliphatic heterocycles. The van der Waals surface area contributed by atoms with E-state index in [1.807, 2.05) is 0 Å². The van der Waals surface area contributed by atoms with Crippen LogP contribution in [0.3, 0.4) is 0 Å². The minimum Gasteiger partial charge on any atom is -0.316 e. The first-order valence-electron chi connectivity index (χ1n) is 4.22. The number of piperidine rings is 1. The molecule has 0 saturated carbocycles. The van der Waals surface area contributed by atoms with Crippen LogP contribution >= 0.6 is 0 Å². The maximum atomic E-state index is 3.36. The number of rotatable bonds is 1. The molecule has 1 N–H and O–H groups in total. The first-order chi connectivity index (χ1) is 4.84. The van der Waals surface area contributed by atoms with Crippen molar-refractivity contribution in [2.75, 3.05) is 13.1 Å². The molecule has 1 heterocycles. The van der Waals surface area contributed by atoms with E-state index >= 15 is 0 Å². The fraction of sp³-hybridized carbons (Fsp3) is 0.778. The summed E-state index contributed by atoms with van der Waals surface area (Å²) < 4.78 is 0. The summed E-state index contributed by atoms with van der Waals surface area (Å²) >= 11 is 0. The Morgan fingerprint density at radius 1 is 1.40 bits per heavy atom. The van der Waals surface area contributed by atoms with Crippen molar-refractivity contribution in [2.45, 2.75) is 33.1 Å². The maximum absolute atomic E-state index is 3.36. The Bertz CT molecular complexity index is 128. The van der Waals surface area contributed by atoms with E-state index in [1.54, 1.807) is 11.1 Å². The molecule has 1 aliphatic rings. The predicted octanol–water partition coefficient (Wildman–Crippen LogP) is 2.10. The van der Waals surface area contributed by atoms with Crippen LogP contribution in [-0.4, -0.2) is 13.1 Å². The van der Waals surface area contributed by atoms with E-state index in [2.05, 4.69) is 19.2 Å². The molecule has 0 spiro atoms. The third-order valence-electron chi connectivity index (χ3n) is 2.34. The van der Waals surface area contributed by atoms with Crippen molar-refractivity contribution in [1.82, 2.24) is 5.32 Å². The monoisotopic (exact) mass is 139 g/mol. The molecular weight excluding hydrogens is 122 g/mol. The van der Waals surface area contributed by atoms with Gasteiger partial charge in [-0.3, -0.25) is 0 Å². The SMILES string of the molecule is CCC(C)=C1CCNCC1. The van der Waals surface area contributed by atoms with Gasteiger partial charge in [0.2, 0.25) is 0 Å². The van der Waals surface area contributed by atoms with Crippen LogP contribution in [0, 0.1) is 0 Å². The Morgan fingerprint density at radius 2 is 2.00 bits per heavy atom. The molecule has 0 bridgehead atoms. The quantitative estimate of drug-likeness (QED) is 0.548. The van der Waals surface area contributed by atoms with Crippen molar-refractivity contribution in [3.05, 3.63) is 11.1 Å². The summed E-state index contributed by atoms with van der Waals surface area (Å²) in [4.78, 5) is 0. The fourth-order valence-corrected chi connectivity index (χ4v) is 1.41. The number of hydrogen-bond donors (Lipinski definition) is 1. The van der Waals surface area contributed by atoms with Crippen LogP contribution in [0.5, 0.6) is 0 Å². The Morgan fingerprint density at radius 3 is 2.50 bits per heavy atom. The molecule has 0 aromatic rings. The Hall–Kier alpha value is -0.300. The summed E-state index contributed by atoms with van der Waals surface area (Å²) in [5.74, 6) is 0. The minimum atomic E-state index is 1.19. The predicted molar refractivity (Wildman–Crippen MR) is 45.1 cm³/mol. The fourth-order valence-electron chi connectivity index (χ4n) is 1.41. The van der Waals surface area contributed by atoms with E-state index in [0.29, 0.717) is 0 Å². The van der Waals surface area contributed by atoms with Gasteiger partial charge in [-0.25, -0.2) is 0 Å². The van der Waals surface area contributed by atoms with Crippen LogP contribution in [0.1, 0.15) is 33.1 Å². The van der Waals surface area contributed by atoms with Crippen molar-refractivity contribution in [1.29, 1.82) is 0 Å². The average molecular weight is 139 g/mol. The smallest absolute Gasteiger partial charge is 0.00114 e. The molecule has 58 valence electrons. The highest BCUT2D eigenvalue weighted by atomic mass is 14.9. The Labute approximate surface area is 63.5 Å². The van der Waals surface area contributed by atoms with Gasteiger partial charge in [0, 0.05) is 0 Å². The van der Waals surface area contributed by atoms with Crippen molar-refractivity contribution in [2.24, 2.45) is 0 Å². The highest BCUT2D eigenvalue weighted by Gasteiger charge is 2.05. The molecule has 1 heteroatoms. The number of nitrogens with one attached hydrogen (secondary N) is 1. The first-order valence-corrected chi connectivity index (χ1v) is 4.22. The molecule has 0 amide bonds. The Balaban J connectivity index is 2.51. The van der Waals surface area contributed by atoms with Crippen LogP contribution in [0.25, 0.3) is 0 Å². The van der Waals surface area contributed by atoms with Crippen molar-refractivity contribution >= 4 is 0 Å². The van der Waals surface area contributed by atoms with Gasteiger partial charge < -0.3 is 5.32 Å². The van der Waals surface area contributed by atoms with Crippen LogP contribution in [0.2, 0.25) is 0 Å². The zero-order valence-corrected chi connectivity index (χ0v) is 7.04.